The average molecular weight is 291 g/mol. The van der Waals surface area contributed by atoms with Crippen LogP contribution in [0.1, 0.15) is 12.0 Å². The standard InChI is InChI=1S/C16H21NO4/c1-17(10-4-3-5-16(19)20)14(12-18)11-13-6-8-15(21-2)9-7-13/h6-9,14,18H,5,10-12H2,1-2H3,(H,19,20)/t14-/m0/s1. The van der Waals surface area contributed by atoms with Gasteiger partial charge in [0.25, 0.3) is 0 Å². The number of aliphatic carboxylic acids is 1. The summed E-state index contributed by atoms with van der Waals surface area (Å²) in [5.41, 5.74) is 1.10. The Balaban J connectivity index is 2.55. The number of likely N-dealkylation sites (N-methyl/N-ethyl adjacent to an activating group) is 1. The van der Waals surface area contributed by atoms with Crippen molar-refractivity contribution in [1.29, 1.82) is 0 Å². The highest BCUT2D eigenvalue weighted by Crippen LogP contribution is 2.14. The molecule has 1 aromatic rings. The molecule has 5 nitrogen and oxygen atoms in total. The van der Waals surface area contributed by atoms with Gasteiger partial charge in [-0.3, -0.25) is 9.69 Å². The molecular formula is C16H21NO4. The third-order valence-electron chi connectivity index (χ3n) is 3.16. The third kappa shape index (κ3) is 6.30. The summed E-state index contributed by atoms with van der Waals surface area (Å²) in [7, 11) is 3.48. The molecule has 21 heavy (non-hydrogen) atoms. The molecule has 1 atom stereocenters. The number of nitrogens with zero attached hydrogens (tertiary/aromatic N) is 1. The van der Waals surface area contributed by atoms with E-state index in [1.807, 2.05) is 36.2 Å². The topological polar surface area (TPSA) is 70.0 Å². The fourth-order valence-corrected chi connectivity index (χ4v) is 1.84. The summed E-state index contributed by atoms with van der Waals surface area (Å²) in [6, 6.07) is 7.64. The molecule has 0 fully saturated rings. The predicted octanol–water partition coefficient (Wildman–Crippen LogP) is 1.01. The number of aliphatic hydroxyl groups excluding tert-OH is 1. The molecular weight excluding hydrogens is 270 g/mol. The van der Waals surface area contributed by atoms with Crippen LogP contribution in [0.2, 0.25) is 0 Å². The number of hydrogen-bond donors (Lipinski definition) is 2. The lowest BCUT2D eigenvalue weighted by Crippen LogP contribution is -2.36. The summed E-state index contributed by atoms with van der Waals surface area (Å²) >= 11 is 0. The van der Waals surface area contributed by atoms with Gasteiger partial charge < -0.3 is 14.9 Å². The lowest BCUT2D eigenvalue weighted by Gasteiger charge is -2.24. The van der Waals surface area contributed by atoms with Crippen molar-refractivity contribution in [3.8, 4) is 17.6 Å². The molecule has 0 aliphatic carbocycles. The maximum atomic E-state index is 10.4. The fourth-order valence-electron chi connectivity index (χ4n) is 1.84. The molecule has 0 aliphatic heterocycles. The minimum absolute atomic E-state index is 0.0170. The minimum Gasteiger partial charge on any atom is -0.497 e. The highest BCUT2D eigenvalue weighted by atomic mass is 16.5. The molecule has 0 saturated heterocycles. The average Bonchev–Trinajstić information content (AvgIpc) is 2.49. The van der Waals surface area contributed by atoms with Gasteiger partial charge in [-0.05, 0) is 31.2 Å². The van der Waals surface area contributed by atoms with Crippen LogP contribution in [0.25, 0.3) is 0 Å². The molecule has 2 N–H and O–H groups in total. The van der Waals surface area contributed by atoms with E-state index < -0.39 is 5.97 Å². The second-order valence-electron chi connectivity index (χ2n) is 4.73. The summed E-state index contributed by atoms with van der Waals surface area (Å²) in [4.78, 5) is 12.3. The Bertz CT molecular complexity index is 501. The highest BCUT2D eigenvalue weighted by Gasteiger charge is 2.13. The van der Waals surface area contributed by atoms with Gasteiger partial charge in [0.1, 0.15) is 12.2 Å². The van der Waals surface area contributed by atoms with E-state index in [9.17, 15) is 9.90 Å². The number of rotatable bonds is 7. The van der Waals surface area contributed by atoms with E-state index in [-0.39, 0.29) is 19.1 Å². The van der Waals surface area contributed by atoms with Crippen LogP contribution in [0, 0.1) is 11.8 Å². The van der Waals surface area contributed by atoms with E-state index in [1.54, 1.807) is 7.11 Å². The second kappa shape index (κ2) is 9.01. The van der Waals surface area contributed by atoms with Crippen molar-refractivity contribution >= 4 is 5.97 Å². The lowest BCUT2D eigenvalue weighted by atomic mass is 10.1. The van der Waals surface area contributed by atoms with Crippen LogP contribution < -0.4 is 4.74 Å². The van der Waals surface area contributed by atoms with Gasteiger partial charge in [0.05, 0.1) is 20.3 Å². The van der Waals surface area contributed by atoms with Crippen LogP contribution in [0.15, 0.2) is 24.3 Å². The summed E-state index contributed by atoms with van der Waals surface area (Å²) in [5.74, 6) is 5.25. The van der Waals surface area contributed by atoms with Crippen molar-refractivity contribution in [1.82, 2.24) is 4.90 Å². The van der Waals surface area contributed by atoms with Gasteiger partial charge >= 0.3 is 5.97 Å². The number of ether oxygens (including phenoxy) is 1. The first-order valence-corrected chi connectivity index (χ1v) is 6.68. The van der Waals surface area contributed by atoms with Crippen molar-refractivity contribution < 1.29 is 19.7 Å². The molecule has 0 saturated carbocycles. The van der Waals surface area contributed by atoms with Crippen LogP contribution >= 0.6 is 0 Å². The maximum absolute atomic E-state index is 10.4. The molecule has 0 aliphatic rings. The molecule has 0 aromatic heterocycles. The van der Waals surface area contributed by atoms with Crippen LogP contribution in [0.4, 0.5) is 0 Å². The van der Waals surface area contributed by atoms with Gasteiger partial charge in [0.15, 0.2) is 0 Å². The van der Waals surface area contributed by atoms with Gasteiger partial charge in [0.2, 0.25) is 0 Å². The zero-order chi connectivity index (χ0) is 15.7. The monoisotopic (exact) mass is 291 g/mol. The van der Waals surface area contributed by atoms with Crippen LogP contribution in [-0.2, 0) is 11.2 Å². The van der Waals surface area contributed by atoms with Crippen molar-refractivity contribution in [2.45, 2.75) is 18.9 Å². The van der Waals surface area contributed by atoms with Crippen molar-refractivity contribution in [3.05, 3.63) is 29.8 Å². The summed E-state index contributed by atoms with van der Waals surface area (Å²) < 4.78 is 5.11. The molecule has 0 heterocycles. The zero-order valence-electron chi connectivity index (χ0n) is 12.4. The third-order valence-corrected chi connectivity index (χ3v) is 3.16. The smallest absolute Gasteiger partial charge is 0.315 e. The number of hydrogen-bond acceptors (Lipinski definition) is 4. The van der Waals surface area contributed by atoms with E-state index in [2.05, 4.69) is 11.8 Å². The first-order valence-electron chi connectivity index (χ1n) is 6.68. The molecule has 1 aromatic carbocycles. The van der Waals surface area contributed by atoms with E-state index in [4.69, 9.17) is 9.84 Å². The Kier molecular flexibility index (Phi) is 7.30. The van der Waals surface area contributed by atoms with Crippen LogP contribution in [0.5, 0.6) is 5.75 Å². The van der Waals surface area contributed by atoms with E-state index in [0.717, 1.165) is 11.3 Å². The molecule has 0 radical (unpaired) electrons. The first-order chi connectivity index (χ1) is 10.1. The molecule has 114 valence electrons. The van der Waals surface area contributed by atoms with Gasteiger partial charge in [0, 0.05) is 6.04 Å². The number of carboxylic acids is 1. The Labute approximate surface area is 125 Å². The molecule has 0 bridgehead atoms. The van der Waals surface area contributed by atoms with E-state index >= 15 is 0 Å². The zero-order valence-corrected chi connectivity index (χ0v) is 12.4. The van der Waals surface area contributed by atoms with Gasteiger partial charge in [-0.25, -0.2) is 0 Å². The maximum Gasteiger partial charge on any atom is 0.315 e. The van der Waals surface area contributed by atoms with Crippen molar-refractivity contribution in [2.24, 2.45) is 0 Å². The summed E-state index contributed by atoms with van der Waals surface area (Å²) in [6.07, 6.45) is 0.535. The number of benzene rings is 1. The Hall–Kier alpha value is -2.03. The number of carbonyl (C=O) groups is 1. The molecule has 0 unspecified atom stereocenters. The van der Waals surface area contributed by atoms with E-state index in [0.29, 0.717) is 13.0 Å². The Morgan fingerprint density at radius 2 is 2.00 bits per heavy atom. The summed E-state index contributed by atoms with van der Waals surface area (Å²) in [6.45, 7) is 0.442. The quantitative estimate of drug-likeness (QED) is 0.734. The van der Waals surface area contributed by atoms with E-state index in [1.165, 1.54) is 0 Å². The predicted molar refractivity (Wildman–Crippen MR) is 80.2 cm³/mol. The number of carboxylic acid groups (broad SMARTS) is 1. The van der Waals surface area contributed by atoms with Crippen LogP contribution in [-0.4, -0.2) is 54.4 Å². The normalized spacial score (nSPS) is 11.6. The van der Waals surface area contributed by atoms with Gasteiger partial charge in [-0.1, -0.05) is 24.0 Å². The number of aliphatic hydroxyl groups is 1. The van der Waals surface area contributed by atoms with Gasteiger partial charge in [-0.2, -0.15) is 0 Å². The largest absolute Gasteiger partial charge is 0.497 e. The molecule has 0 amide bonds. The fraction of sp³-hybridized carbons (Fsp3) is 0.438. The summed E-state index contributed by atoms with van der Waals surface area (Å²) in [5, 5.41) is 18.0. The van der Waals surface area contributed by atoms with Crippen molar-refractivity contribution in [3.63, 3.8) is 0 Å². The Morgan fingerprint density at radius 1 is 1.33 bits per heavy atom. The molecule has 1 rings (SSSR count). The molecule has 0 spiro atoms. The minimum atomic E-state index is -0.929. The highest BCUT2D eigenvalue weighted by molar-refractivity contribution is 5.69. The van der Waals surface area contributed by atoms with Gasteiger partial charge in [-0.15, -0.1) is 0 Å². The Morgan fingerprint density at radius 3 is 2.52 bits per heavy atom. The number of methoxy groups -OCH3 is 1. The van der Waals surface area contributed by atoms with Crippen molar-refractivity contribution in [2.75, 3.05) is 27.3 Å². The second-order valence-corrected chi connectivity index (χ2v) is 4.73. The lowest BCUT2D eigenvalue weighted by molar-refractivity contribution is -0.135. The first kappa shape index (κ1) is 17.0. The molecule has 5 heteroatoms. The van der Waals surface area contributed by atoms with Crippen LogP contribution in [0.3, 0.4) is 0 Å². The SMILES string of the molecule is COc1ccc(C[C@@H](CO)N(C)CC#CCC(=O)O)cc1.